The summed E-state index contributed by atoms with van der Waals surface area (Å²) < 4.78 is 0. The number of carbonyl (C=O) groups is 1. The Labute approximate surface area is 79.3 Å². The van der Waals surface area contributed by atoms with E-state index in [2.05, 4.69) is 6.92 Å². The SMILES string of the molecule is CCC1CC2CCC(C(=O)O)(C1)C2. The average molecular weight is 182 g/mol. The van der Waals surface area contributed by atoms with Crippen LogP contribution in [0.5, 0.6) is 0 Å². The Morgan fingerprint density at radius 3 is 2.92 bits per heavy atom. The van der Waals surface area contributed by atoms with Crippen molar-refractivity contribution < 1.29 is 9.90 Å². The summed E-state index contributed by atoms with van der Waals surface area (Å²) in [6.07, 6.45) is 6.43. The second-order valence-corrected chi connectivity index (χ2v) is 4.91. The Bertz CT molecular complexity index is 224. The lowest BCUT2D eigenvalue weighted by molar-refractivity contribution is -0.151. The summed E-state index contributed by atoms with van der Waals surface area (Å²) in [6.45, 7) is 2.19. The maximum atomic E-state index is 11.2. The van der Waals surface area contributed by atoms with Gasteiger partial charge in [-0.25, -0.2) is 0 Å². The third-order valence-electron chi connectivity index (χ3n) is 4.09. The molecule has 0 radical (unpaired) electrons. The molecule has 0 amide bonds. The van der Waals surface area contributed by atoms with Gasteiger partial charge in [-0.05, 0) is 43.9 Å². The molecular formula is C11H18O2. The highest BCUT2D eigenvalue weighted by molar-refractivity contribution is 5.75. The van der Waals surface area contributed by atoms with E-state index in [0.29, 0.717) is 5.92 Å². The minimum atomic E-state index is -0.534. The molecule has 1 N–H and O–H groups in total. The lowest BCUT2D eigenvalue weighted by Crippen LogP contribution is -2.34. The molecule has 0 aromatic rings. The van der Waals surface area contributed by atoms with E-state index in [-0.39, 0.29) is 5.41 Å². The summed E-state index contributed by atoms with van der Waals surface area (Å²) in [5, 5.41) is 9.23. The molecule has 2 aliphatic rings. The number of carboxylic acid groups (broad SMARTS) is 1. The first-order chi connectivity index (χ1) is 6.16. The van der Waals surface area contributed by atoms with Crippen molar-refractivity contribution in [1.29, 1.82) is 0 Å². The van der Waals surface area contributed by atoms with Crippen molar-refractivity contribution in [2.24, 2.45) is 17.3 Å². The topological polar surface area (TPSA) is 37.3 Å². The van der Waals surface area contributed by atoms with Crippen LogP contribution in [0, 0.1) is 17.3 Å². The van der Waals surface area contributed by atoms with E-state index >= 15 is 0 Å². The van der Waals surface area contributed by atoms with Gasteiger partial charge in [-0.2, -0.15) is 0 Å². The number of fused-ring (bicyclic) bond motifs is 2. The van der Waals surface area contributed by atoms with Gasteiger partial charge in [0.25, 0.3) is 0 Å². The molecule has 0 spiro atoms. The van der Waals surface area contributed by atoms with Crippen LogP contribution < -0.4 is 0 Å². The monoisotopic (exact) mass is 182 g/mol. The van der Waals surface area contributed by atoms with Crippen molar-refractivity contribution in [3.05, 3.63) is 0 Å². The van der Waals surface area contributed by atoms with E-state index < -0.39 is 5.97 Å². The Hall–Kier alpha value is -0.530. The standard InChI is InChI=1S/C11H18O2/c1-2-8-5-9-3-4-11(6-8,7-9)10(12)13/h8-9H,2-7H2,1H3,(H,12,13). The predicted molar refractivity (Wildman–Crippen MR) is 50.4 cm³/mol. The second kappa shape index (κ2) is 3.00. The van der Waals surface area contributed by atoms with Gasteiger partial charge in [0.05, 0.1) is 5.41 Å². The van der Waals surface area contributed by atoms with Gasteiger partial charge in [0.1, 0.15) is 0 Å². The number of hydrogen-bond acceptors (Lipinski definition) is 1. The third kappa shape index (κ3) is 1.36. The summed E-state index contributed by atoms with van der Waals surface area (Å²) in [6, 6.07) is 0. The van der Waals surface area contributed by atoms with E-state index in [1.807, 2.05) is 0 Å². The zero-order valence-electron chi connectivity index (χ0n) is 8.25. The molecule has 2 fully saturated rings. The van der Waals surface area contributed by atoms with Crippen LogP contribution in [0.25, 0.3) is 0 Å². The molecule has 0 aromatic carbocycles. The maximum absolute atomic E-state index is 11.2. The van der Waals surface area contributed by atoms with Crippen LogP contribution in [-0.4, -0.2) is 11.1 Å². The normalized spacial score (nSPS) is 43.5. The van der Waals surface area contributed by atoms with E-state index in [0.717, 1.165) is 38.0 Å². The minimum absolute atomic E-state index is 0.316. The van der Waals surface area contributed by atoms with Crippen LogP contribution in [0.2, 0.25) is 0 Å². The molecule has 0 aliphatic heterocycles. The van der Waals surface area contributed by atoms with Crippen molar-refractivity contribution in [2.45, 2.75) is 45.4 Å². The van der Waals surface area contributed by atoms with Crippen molar-refractivity contribution in [2.75, 3.05) is 0 Å². The van der Waals surface area contributed by atoms with E-state index in [1.54, 1.807) is 0 Å². The first-order valence-electron chi connectivity index (χ1n) is 5.39. The summed E-state index contributed by atoms with van der Waals surface area (Å²) in [5.41, 5.74) is -0.316. The van der Waals surface area contributed by atoms with E-state index in [4.69, 9.17) is 0 Å². The van der Waals surface area contributed by atoms with Gasteiger partial charge in [0, 0.05) is 0 Å². The molecule has 0 heterocycles. The van der Waals surface area contributed by atoms with Crippen LogP contribution in [-0.2, 0) is 4.79 Å². The largest absolute Gasteiger partial charge is 0.481 e. The Morgan fingerprint density at radius 1 is 1.54 bits per heavy atom. The molecule has 3 atom stereocenters. The summed E-state index contributed by atoms with van der Waals surface area (Å²) in [4.78, 5) is 11.2. The molecule has 3 unspecified atom stereocenters. The van der Waals surface area contributed by atoms with Crippen LogP contribution in [0.1, 0.15) is 45.4 Å². The molecule has 74 valence electrons. The second-order valence-electron chi connectivity index (χ2n) is 4.91. The fourth-order valence-corrected chi connectivity index (χ4v) is 3.32. The molecule has 2 bridgehead atoms. The number of hydrogen-bond donors (Lipinski definition) is 1. The Morgan fingerprint density at radius 2 is 2.31 bits per heavy atom. The molecule has 0 aromatic heterocycles. The number of aliphatic carboxylic acids is 1. The summed E-state index contributed by atoms with van der Waals surface area (Å²) in [7, 11) is 0. The summed E-state index contributed by atoms with van der Waals surface area (Å²) >= 11 is 0. The van der Waals surface area contributed by atoms with Crippen LogP contribution in [0.3, 0.4) is 0 Å². The fraction of sp³-hybridized carbons (Fsp3) is 0.909. The third-order valence-corrected chi connectivity index (χ3v) is 4.09. The van der Waals surface area contributed by atoms with Crippen molar-refractivity contribution >= 4 is 5.97 Å². The highest BCUT2D eigenvalue weighted by atomic mass is 16.4. The van der Waals surface area contributed by atoms with Gasteiger partial charge in [-0.15, -0.1) is 0 Å². The average Bonchev–Trinajstić information content (AvgIpc) is 2.43. The highest BCUT2D eigenvalue weighted by Gasteiger charge is 2.50. The lowest BCUT2D eigenvalue weighted by atomic mass is 9.70. The van der Waals surface area contributed by atoms with Gasteiger partial charge in [0.2, 0.25) is 0 Å². The van der Waals surface area contributed by atoms with Crippen molar-refractivity contribution in [3.63, 3.8) is 0 Å². The number of rotatable bonds is 2. The van der Waals surface area contributed by atoms with Crippen LogP contribution in [0.15, 0.2) is 0 Å². The molecule has 2 saturated carbocycles. The summed E-state index contributed by atoms with van der Waals surface area (Å²) in [5.74, 6) is 0.861. The predicted octanol–water partition coefficient (Wildman–Crippen LogP) is 2.68. The number of carboxylic acids is 1. The van der Waals surface area contributed by atoms with Gasteiger partial charge < -0.3 is 5.11 Å². The molecular weight excluding hydrogens is 164 g/mol. The smallest absolute Gasteiger partial charge is 0.309 e. The highest BCUT2D eigenvalue weighted by Crippen LogP contribution is 2.54. The Kier molecular flexibility index (Phi) is 2.09. The first kappa shape index (κ1) is 9.04. The zero-order valence-corrected chi connectivity index (χ0v) is 8.25. The van der Waals surface area contributed by atoms with Gasteiger partial charge in [-0.3, -0.25) is 4.79 Å². The molecule has 2 aliphatic carbocycles. The lowest BCUT2D eigenvalue weighted by Gasteiger charge is -2.34. The quantitative estimate of drug-likeness (QED) is 0.713. The van der Waals surface area contributed by atoms with Crippen molar-refractivity contribution in [1.82, 2.24) is 0 Å². The fourth-order valence-electron chi connectivity index (χ4n) is 3.32. The van der Waals surface area contributed by atoms with E-state index in [1.165, 1.54) is 6.42 Å². The first-order valence-corrected chi connectivity index (χ1v) is 5.39. The minimum Gasteiger partial charge on any atom is -0.481 e. The van der Waals surface area contributed by atoms with Crippen LogP contribution >= 0.6 is 0 Å². The van der Waals surface area contributed by atoms with E-state index in [9.17, 15) is 9.90 Å². The zero-order chi connectivity index (χ0) is 9.47. The van der Waals surface area contributed by atoms with Gasteiger partial charge in [-0.1, -0.05) is 13.3 Å². The Balaban J connectivity index is 2.16. The molecule has 2 nitrogen and oxygen atoms in total. The van der Waals surface area contributed by atoms with Gasteiger partial charge >= 0.3 is 5.97 Å². The molecule has 2 rings (SSSR count). The molecule has 2 heteroatoms. The maximum Gasteiger partial charge on any atom is 0.309 e. The molecule has 13 heavy (non-hydrogen) atoms. The van der Waals surface area contributed by atoms with Crippen LogP contribution in [0.4, 0.5) is 0 Å². The molecule has 0 saturated heterocycles. The van der Waals surface area contributed by atoms with Gasteiger partial charge in [0.15, 0.2) is 0 Å². The van der Waals surface area contributed by atoms with Crippen molar-refractivity contribution in [3.8, 4) is 0 Å².